The third kappa shape index (κ3) is 6.46. The van der Waals surface area contributed by atoms with Gasteiger partial charge in [-0.05, 0) is 103 Å². The van der Waals surface area contributed by atoms with Gasteiger partial charge in [-0.1, -0.05) is 62.9 Å². The molecule has 3 nitrogen and oxygen atoms in total. The van der Waals surface area contributed by atoms with Crippen molar-refractivity contribution in [3.63, 3.8) is 0 Å². The van der Waals surface area contributed by atoms with E-state index in [9.17, 15) is 0 Å². The van der Waals surface area contributed by atoms with E-state index < -0.39 is 0 Å². The van der Waals surface area contributed by atoms with Crippen molar-refractivity contribution >= 4 is 0 Å². The first-order valence-electron chi connectivity index (χ1n) is 13.9. The molecule has 1 fully saturated rings. The van der Waals surface area contributed by atoms with Gasteiger partial charge >= 0.3 is 0 Å². The fourth-order valence-corrected chi connectivity index (χ4v) is 5.57. The highest BCUT2D eigenvalue weighted by atomic mass is 16.5. The minimum Gasteiger partial charge on any atom is -0.493 e. The largest absolute Gasteiger partial charge is 0.493 e. The first-order chi connectivity index (χ1) is 18.2. The van der Waals surface area contributed by atoms with Crippen LogP contribution in [0.3, 0.4) is 0 Å². The van der Waals surface area contributed by atoms with Gasteiger partial charge < -0.3 is 14.0 Å². The first-order valence-corrected chi connectivity index (χ1v) is 13.9. The van der Waals surface area contributed by atoms with Crippen LogP contribution in [-0.2, 0) is 6.61 Å². The van der Waals surface area contributed by atoms with Crippen LogP contribution < -0.4 is 9.47 Å². The molecule has 37 heavy (non-hydrogen) atoms. The average Bonchev–Trinajstić information content (AvgIpc) is 3.34. The minimum absolute atomic E-state index is 0.574. The molecule has 0 aliphatic heterocycles. The van der Waals surface area contributed by atoms with Gasteiger partial charge in [0.15, 0.2) is 0 Å². The van der Waals surface area contributed by atoms with Crippen LogP contribution in [0, 0.1) is 18.8 Å². The lowest BCUT2D eigenvalue weighted by Gasteiger charge is -2.28. The molecule has 0 unspecified atom stereocenters. The van der Waals surface area contributed by atoms with Crippen molar-refractivity contribution in [2.75, 3.05) is 6.61 Å². The Bertz CT molecular complexity index is 1230. The molecule has 1 aliphatic carbocycles. The lowest BCUT2D eigenvalue weighted by molar-refractivity contribution is 0.178. The number of aromatic nitrogens is 1. The number of aryl methyl sites for hydroxylation is 1. The SMILES string of the molecule is CCCC1CCC(COc2ccc(-n3c(C)ccc3-c3ccc(OCc4ccccc4)cc3)cc2)CC1. The summed E-state index contributed by atoms with van der Waals surface area (Å²) in [4.78, 5) is 0. The second-order valence-electron chi connectivity index (χ2n) is 10.5. The smallest absolute Gasteiger partial charge is 0.119 e. The molecule has 3 aromatic carbocycles. The molecular formula is C34H39NO2. The Morgan fingerprint density at radius 1 is 0.703 bits per heavy atom. The van der Waals surface area contributed by atoms with Crippen molar-refractivity contribution in [3.8, 4) is 28.4 Å². The number of benzene rings is 3. The summed E-state index contributed by atoms with van der Waals surface area (Å²) in [5, 5.41) is 0. The lowest BCUT2D eigenvalue weighted by Crippen LogP contribution is -2.20. The topological polar surface area (TPSA) is 23.4 Å². The maximum absolute atomic E-state index is 6.20. The van der Waals surface area contributed by atoms with Gasteiger partial charge in [-0.15, -0.1) is 0 Å². The number of nitrogens with zero attached hydrogens (tertiary/aromatic N) is 1. The summed E-state index contributed by atoms with van der Waals surface area (Å²) in [7, 11) is 0. The predicted molar refractivity (Wildman–Crippen MR) is 153 cm³/mol. The van der Waals surface area contributed by atoms with E-state index in [0.717, 1.165) is 29.7 Å². The number of hydrogen-bond donors (Lipinski definition) is 0. The van der Waals surface area contributed by atoms with E-state index in [1.165, 1.54) is 61.0 Å². The van der Waals surface area contributed by atoms with Crippen molar-refractivity contribution in [3.05, 3.63) is 102 Å². The molecule has 1 heterocycles. The number of ether oxygens (including phenoxy) is 2. The van der Waals surface area contributed by atoms with Gasteiger partial charge in [-0.25, -0.2) is 0 Å². The summed E-state index contributed by atoms with van der Waals surface area (Å²) < 4.78 is 14.5. The zero-order valence-electron chi connectivity index (χ0n) is 22.2. The standard InChI is InChI=1S/C34H39NO2/c1-3-7-27-11-13-29(14-12-27)25-37-33-21-17-31(18-22-33)35-26(2)10-23-34(35)30-15-19-32(20-16-30)36-24-28-8-5-4-6-9-28/h4-6,8-10,15-23,27,29H,3,7,11-14,24-25H2,1-2H3. The van der Waals surface area contributed by atoms with Gasteiger partial charge in [-0.2, -0.15) is 0 Å². The maximum Gasteiger partial charge on any atom is 0.119 e. The highest BCUT2D eigenvalue weighted by molar-refractivity contribution is 5.65. The predicted octanol–water partition coefficient (Wildman–Crippen LogP) is 9.02. The van der Waals surface area contributed by atoms with Crippen LogP contribution in [0.4, 0.5) is 0 Å². The van der Waals surface area contributed by atoms with Crippen molar-refractivity contribution in [2.24, 2.45) is 11.8 Å². The van der Waals surface area contributed by atoms with Gasteiger partial charge in [0.2, 0.25) is 0 Å². The van der Waals surface area contributed by atoms with Crippen molar-refractivity contribution in [1.29, 1.82) is 0 Å². The Morgan fingerprint density at radius 3 is 2.05 bits per heavy atom. The Kier molecular flexibility index (Phi) is 8.30. The number of hydrogen-bond acceptors (Lipinski definition) is 2. The molecule has 0 amide bonds. The molecule has 4 aromatic rings. The molecule has 0 bridgehead atoms. The highest BCUT2D eigenvalue weighted by Gasteiger charge is 2.21. The summed E-state index contributed by atoms with van der Waals surface area (Å²) in [5.74, 6) is 3.48. The van der Waals surface area contributed by atoms with E-state index in [-0.39, 0.29) is 0 Å². The molecule has 0 spiro atoms. The summed E-state index contributed by atoms with van der Waals surface area (Å²) in [5.41, 5.74) is 5.86. The summed E-state index contributed by atoms with van der Waals surface area (Å²) in [6.45, 7) is 5.87. The molecule has 192 valence electrons. The van der Waals surface area contributed by atoms with Crippen LogP contribution in [0.5, 0.6) is 11.5 Å². The molecule has 1 aliphatic rings. The Balaban J connectivity index is 1.21. The van der Waals surface area contributed by atoms with Crippen LogP contribution in [0.1, 0.15) is 56.7 Å². The van der Waals surface area contributed by atoms with Gasteiger partial charge in [0.25, 0.3) is 0 Å². The molecular weight excluding hydrogens is 454 g/mol. The van der Waals surface area contributed by atoms with Crippen LogP contribution >= 0.6 is 0 Å². The molecule has 5 rings (SSSR count). The normalized spacial score (nSPS) is 17.5. The Labute approximate surface area is 222 Å². The quantitative estimate of drug-likeness (QED) is 0.220. The third-order valence-corrected chi connectivity index (χ3v) is 7.72. The lowest BCUT2D eigenvalue weighted by atomic mass is 9.80. The Hall–Kier alpha value is -3.46. The van der Waals surface area contributed by atoms with E-state index in [0.29, 0.717) is 12.5 Å². The summed E-state index contributed by atoms with van der Waals surface area (Å²) >= 11 is 0. The fourth-order valence-electron chi connectivity index (χ4n) is 5.57. The molecule has 0 radical (unpaired) electrons. The van der Waals surface area contributed by atoms with Crippen molar-refractivity contribution in [1.82, 2.24) is 4.57 Å². The second kappa shape index (κ2) is 12.2. The van der Waals surface area contributed by atoms with E-state index in [1.807, 2.05) is 18.2 Å². The van der Waals surface area contributed by atoms with Crippen LogP contribution in [0.25, 0.3) is 16.9 Å². The van der Waals surface area contributed by atoms with Gasteiger partial charge in [0, 0.05) is 11.4 Å². The van der Waals surface area contributed by atoms with Crippen LogP contribution in [0.15, 0.2) is 91.0 Å². The zero-order valence-corrected chi connectivity index (χ0v) is 22.2. The fraction of sp³-hybridized carbons (Fsp3) is 0.353. The van der Waals surface area contributed by atoms with Gasteiger partial charge in [-0.3, -0.25) is 0 Å². The Morgan fingerprint density at radius 2 is 1.35 bits per heavy atom. The molecule has 3 heteroatoms. The van der Waals surface area contributed by atoms with Crippen molar-refractivity contribution < 1.29 is 9.47 Å². The first kappa shape index (κ1) is 25.2. The molecule has 0 saturated heterocycles. The van der Waals surface area contributed by atoms with Gasteiger partial charge in [0.1, 0.15) is 18.1 Å². The van der Waals surface area contributed by atoms with E-state index in [4.69, 9.17) is 9.47 Å². The highest BCUT2D eigenvalue weighted by Crippen LogP contribution is 2.32. The average molecular weight is 494 g/mol. The minimum atomic E-state index is 0.574. The van der Waals surface area contributed by atoms with Crippen LogP contribution in [-0.4, -0.2) is 11.2 Å². The number of rotatable bonds is 10. The second-order valence-corrected chi connectivity index (χ2v) is 10.5. The third-order valence-electron chi connectivity index (χ3n) is 7.72. The van der Waals surface area contributed by atoms with E-state index >= 15 is 0 Å². The molecule has 0 N–H and O–H groups in total. The zero-order chi connectivity index (χ0) is 25.5. The van der Waals surface area contributed by atoms with E-state index in [1.54, 1.807) is 0 Å². The monoisotopic (exact) mass is 493 g/mol. The van der Waals surface area contributed by atoms with Gasteiger partial charge in [0.05, 0.1) is 12.3 Å². The van der Waals surface area contributed by atoms with Crippen molar-refractivity contribution in [2.45, 2.75) is 59.0 Å². The van der Waals surface area contributed by atoms with Crippen LogP contribution in [0.2, 0.25) is 0 Å². The summed E-state index contributed by atoms with van der Waals surface area (Å²) in [6, 6.07) is 31.6. The molecule has 0 atom stereocenters. The maximum atomic E-state index is 6.20. The van der Waals surface area contributed by atoms with E-state index in [2.05, 4.69) is 91.2 Å². The molecule has 1 aromatic heterocycles. The summed E-state index contributed by atoms with van der Waals surface area (Å²) in [6.07, 6.45) is 8.07. The molecule has 1 saturated carbocycles.